The molecule has 94 valence electrons. The van der Waals surface area contributed by atoms with E-state index in [0.717, 1.165) is 13.4 Å². The Morgan fingerprint density at radius 2 is 2.24 bits per heavy atom. The molecule has 0 bridgehead atoms. The second kappa shape index (κ2) is 5.41. The van der Waals surface area contributed by atoms with Crippen molar-refractivity contribution in [2.75, 3.05) is 7.11 Å². The van der Waals surface area contributed by atoms with Crippen molar-refractivity contribution in [1.29, 1.82) is 0 Å². The maximum Gasteiger partial charge on any atom is 0.308 e. The van der Waals surface area contributed by atoms with Gasteiger partial charge in [-0.3, -0.25) is 9.59 Å². The summed E-state index contributed by atoms with van der Waals surface area (Å²) in [7, 11) is 1.12. The molecular weight excluding hydrogens is 232 g/mol. The van der Waals surface area contributed by atoms with Gasteiger partial charge in [0.15, 0.2) is 0 Å². The lowest BCUT2D eigenvalue weighted by Gasteiger charge is -2.16. The molecule has 0 aromatic carbocycles. The van der Waals surface area contributed by atoms with Gasteiger partial charge in [0, 0.05) is 0 Å². The third-order valence-corrected chi connectivity index (χ3v) is 2.13. The highest BCUT2D eigenvalue weighted by Gasteiger charge is 2.27. The summed E-state index contributed by atoms with van der Waals surface area (Å²) < 4.78 is 4.29. The fourth-order valence-electron chi connectivity index (χ4n) is 1.23. The maximum absolute atomic E-state index is 11.3. The van der Waals surface area contributed by atoms with E-state index in [1.54, 1.807) is 0 Å². The number of carbonyl (C=O) groups is 1. The summed E-state index contributed by atoms with van der Waals surface area (Å²) >= 11 is 0. The van der Waals surface area contributed by atoms with Crippen LogP contribution in [0.4, 0.5) is 0 Å². The number of nitrogens with one attached hydrogen (secondary N) is 1. The summed E-state index contributed by atoms with van der Waals surface area (Å²) in [6, 6.07) is 0. The number of methoxy groups -OCH3 is 1. The number of nitrogens with zero attached hydrogens (tertiary/aromatic N) is 1. The number of aromatic nitrogens is 2. The van der Waals surface area contributed by atoms with Crippen LogP contribution in [0.25, 0.3) is 0 Å². The molecule has 1 heterocycles. The van der Waals surface area contributed by atoms with Crippen LogP contribution in [0.3, 0.4) is 0 Å². The molecule has 8 nitrogen and oxygen atoms in total. The average molecular weight is 244 g/mol. The predicted molar refractivity (Wildman–Crippen MR) is 54.1 cm³/mol. The molecule has 0 aliphatic rings. The molecule has 0 aliphatic carbocycles. The number of H-pyrrole nitrogens is 1. The summed E-state index contributed by atoms with van der Waals surface area (Å²) in [6.07, 6.45) is -2.86. The summed E-state index contributed by atoms with van der Waals surface area (Å²) in [5.41, 5.74) is -1.29. The van der Waals surface area contributed by atoms with E-state index >= 15 is 0 Å². The molecule has 1 rings (SSSR count). The van der Waals surface area contributed by atoms with E-state index in [2.05, 4.69) is 14.7 Å². The minimum atomic E-state index is -1.73. The Kier molecular flexibility index (Phi) is 4.18. The van der Waals surface area contributed by atoms with E-state index in [9.17, 15) is 24.9 Å². The van der Waals surface area contributed by atoms with Crippen LogP contribution in [0.1, 0.15) is 18.1 Å². The Morgan fingerprint density at radius 3 is 2.76 bits per heavy atom. The van der Waals surface area contributed by atoms with Crippen LogP contribution in [-0.2, 0) is 9.53 Å². The van der Waals surface area contributed by atoms with Gasteiger partial charge >= 0.3 is 5.97 Å². The summed E-state index contributed by atoms with van der Waals surface area (Å²) in [6.45, 7) is 0. The Hall–Kier alpha value is -1.93. The van der Waals surface area contributed by atoms with E-state index in [1.807, 2.05) is 0 Å². The molecule has 2 unspecified atom stereocenters. The number of rotatable bonds is 4. The van der Waals surface area contributed by atoms with Crippen molar-refractivity contribution in [2.24, 2.45) is 0 Å². The van der Waals surface area contributed by atoms with E-state index in [1.165, 1.54) is 0 Å². The molecule has 0 amide bonds. The number of aliphatic hydroxyl groups excluding tert-OH is 2. The number of aromatic hydroxyl groups is 1. The molecule has 0 saturated carbocycles. The Morgan fingerprint density at radius 1 is 1.59 bits per heavy atom. The molecule has 1 aromatic heterocycles. The van der Waals surface area contributed by atoms with Gasteiger partial charge in [-0.2, -0.15) is 0 Å². The van der Waals surface area contributed by atoms with Gasteiger partial charge in [0.1, 0.15) is 11.7 Å². The van der Waals surface area contributed by atoms with E-state index in [-0.39, 0.29) is 0 Å². The summed E-state index contributed by atoms with van der Waals surface area (Å²) in [4.78, 5) is 27.7. The van der Waals surface area contributed by atoms with E-state index in [0.29, 0.717) is 0 Å². The fourth-order valence-corrected chi connectivity index (χ4v) is 1.23. The van der Waals surface area contributed by atoms with Crippen molar-refractivity contribution in [2.45, 2.75) is 18.6 Å². The summed E-state index contributed by atoms with van der Waals surface area (Å²) in [5.74, 6) is -1.46. The fraction of sp³-hybridized carbons (Fsp3) is 0.444. The van der Waals surface area contributed by atoms with Crippen molar-refractivity contribution in [3.05, 3.63) is 22.2 Å². The van der Waals surface area contributed by atoms with Crippen LogP contribution in [0.5, 0.6) is 5.88 Å². The van der Waals surface area contributed by atoms with Crippen LogP contribution in [0.2, 0.25) is 0 Å². The van der Waals surface area contributed by atoms with Crippen molar-refractivity contribution < 1.29 is 24.9 Å². The maximum atomic E-state index is 11.3. The molecule has 0 radical (unpaired) electrons. The monoisotopic (exact) mass is 244 g/mol. The standard InChI is InChI=1S/C9H12N2O6/c1-17-5(13)2-4(12)7(14)6-8(15)10-3-11-9(6)16/h3-4,7,12,14H,2H2,1H3,(H2,10,11,15,16). The lowest BCUT2D eigenvalue weighted by Crippen LogP contribution is -2.28. The first kappa shape index (κ1) is 13.1. The first-order valence-corrected chi connectivity index (χ1v) is 4.66. The number of aliphatic hydroxyl groups is 2. The van der Waals surface area contributed by atoms with Crippen LogP contribution >= 0.6 is 0 Å². The number of esters is 1. The number of ether oxygens (including phenoxy) is 1. The second-order valence-electron chi connectivity index (χ2n) is 3.26. The lowest BCUT2D eigenvalue weighted by atomic mass is 10.0. The van der Waals surface area contributed by atoms with Gasteiger partial charge in [0.2, 0.25) is 5.88 Å². The number of hydrogen-bond donors (Lipinski definition) is 4. The number of hydrogen-bond acceptors (Lipinski definition) is 7. The Balaban J connectivity index is 2.92. The highest BCUT2D eigenvalue weighted by Crippen LogP contribution is 2.21. The SMILES string of the molecule is COC(=O)CC(O)C(O)c1c(O)nc[nH]c1=O. The zero-order chi connectivity index (χ0) is 13.0. The number of aromatic amines is 1. The minimum absolute atomic E-state index is 0.496. The molecule has 1 aromatic rings. The average Bonchev–Trinajstić information content (AvgIpc) is 2.28. The highest BCUT2D eigenvalue weighted by atomic mass is 16.5. The van der Waals surface area contributed by atoms with Gasteiger partial charge in [0.25, 0.3) is 5.56 Å². The molecule has 17 heavy (non-hydrogen) atoms. The van der Waals surface area contributed by atoms with Gasteiger partial charge in [-0.1, -0.05) is 0 Å². The van der Waals surface area contributed by atoms with Gasteiger partial charge in [-0.05, 0) is 0 Å². The normalized spacial score (nSPS) is 14.1. The largest absolute Gasteiger partial charge is 0.493 e. The van der Waals surface area contributed by atoms with Gasteiger partial charge < -0.3 is 25.0 Å². The van der Waals surface area contributed by atoms with Crippen molar-refractivity contribution in [3.8, 4) is 5.88 Å². The lowest BCUT2D eigenvalue weighted by molar-refractivity contribution is -0.144. The van der Waals surface area contributed by atoms with Crippen molar-refractivity contribution >= 4 is 5.97 Å². The quantitative estimate of drug-likeness (QED) is 0.470. The molecule has 0 aliphatic heterocycles. The van der Waals surface area contributed by atoms with Crippen LogP contribution < -0.4 is 5.56 Å². The van der Waals surface area contributed by atoms with Gasteiger partial charge in [0.05, 0.1) is 26.0 Å². The number of carbonyl (C=O) groups excluding carboxylic acids is 1. The predicted octanol–water partition coefficient (Wildman–Crippen LogP) is -1.57. The minimum Gasteiger partial charge on any atom is -0.493 e. The van der Waals surface area contributed by atoms with Gasteiger partial charge in [-0.15, -0.1) is 0 Å². The highest BCUT2D eigenvalue weighted by molar-refractivity contribution is 5.69. The molecule has 8 heteroatoms. The third kappa shape index (κ3) is 3.02. The molecular formula is C9H12N2O6. The Labute approximate surface area is 95.5 Å². The van der Waals surface area contributed by atoms with E-state index < -0.39 is 41.6 Å². The molecule has 2 atom stereocenters. The zero-order valence-corrected chi connectivity index (χ0v) is 8.95. The smallest absolute Gasteiger partial charge is 0.308 e. The molecule has 4 N–H and O–H groups in total. The van der Waals surface area contributed by atoms with Gasteiger partial charge in [-0.25, -0.2) is 4.98 Å². The van der Waals surface area contributed by atoms with E-state index in [4.69, 9.17) is 0 Å². The van der Waals surface area contributed by atoms with Crippen LogP contribution in [0, 0.1) is 0 Å². The zero-order valence-electron chi connectivity index (χ0n) is 8.95. The van der Waals surface area contributed by atoms with Crippen molar-refractivity contribution in [3.63, 3.8) is 0 Å². The Bertz CT molecular complexity index is 457. The topological polar surface area (TPSA) is 133 Å². The third-order valence-electron chi connectivity index (χ3n) is 2.13. The van der Waals surface area contributed by atoms with Crippen LogP contribution in [0.15, 0.2) is 11.1 Å². The first-order chi connectivity index (χ1) is 7.97. The van der Waals surface area contributed by atoms with Crippen LogP contribution in [-0.4, -0.2) is 44.5 Å². The van der Waals surface area contributed by atoms with Crippen molar-refractivity contribution in [1.82, 2.24) is 9.97 Å². The second-order valence-corrected chi connectivity index (χ2v) is 3.26. The summed E-state index contributed by atoms with van der Waals surface area (Å²) in [5, 5.41) is 28.4. The molecule has 0 saturated heterocycles. The first-order valence-electron chi connectivity index (χ1n) is 4.66. The molecule has 0 fully saturated rings. The molecule has 0 spiro atoms.